The lowest BCUT2D eigenvalue weighted by Crippen LogP contribution is -2.23. The molecule has 1 N–H and O–H groups in total. The second kappa shape index (κ2) is 6.10. The topological polar surface area (TPSA) is 12.0 Å². The van der Waals surface area contributed by atoms with Crippen molar-refractivity contribution >= 4 is 0 Å². The van der Waals surface area contributed by atoms with Crippen LogP contribution in [-0.2, 0) is 12.8 Å². The lowest BCUT2D eigenvalue weighted by molar-refractivity contribution is 0.138. The van der Waals surface area contributed by atoms with Crippen molar-refractivity contribution in [1.82, 2.24) is 5.32 Å². The van der Waals surface area contributed by atoms with E-state index in [0.29, 0.717) is 12.5 Å². The van der Waals surface area contributed by atoms with Crippen LogP contribution in [0.4, 0.5) is 8.78 Å². The molecule has 3 heteroatoms. The summed E-state index contributed by atoms with van der Waals surface area (Å²) in [5.41, 5.74) is 2.30. The Hall–Kier alpha value is -0.960. The first-order valence-electron chi connectivity index (χ1n) is 6.33. The van der Waals surface area contributed by atoms with E-state index in [1.165, 1.54) is 18.4 Å². The van der Waals surface area contributed by atoms with Gasteiger partial charge in [-0.15, -0.1) is 0 Å². The molecule has 0 radical (unpaired) electrons. The molecule has 1 unspecified atom stereocenters. The van der Waals surface area contributed by atoms with Gasteiger partial charge < -0.3 is 5.32 Å². The Bertz CT molecular complexity index is 329. The number of hydrogen-bond donors (Lipinski definition) is 1. The second-order valence-electron chi connectivity index (χ2n) is 4.74. The van der Waals surface area contributed by atoms with E-state index in [1.807, 2.05) is 12.1 Å². The summed E-state index contributed by atoms with van der Waals surface area (Å²) in [6, 6.07) is 8.70. The van der Waals surface area contributed by atoms with Gasteiger partial charge in [0.2, 0.25) is 6.43 Å². The molecule has 1 aromatic carbocycles. The number of alkyl halides is 2. The van der Waals surface area contributed by atoms with E-state index in [9.17, 15) is 8.78 Å². The van der Waals surface area contributed by atoms with E-state index in [4.69, 9.17) is 0 Å². The summed E-state index contributed by atoms with van der Waals surface area (Å²) in [5, 5.41) is 3.46. The average Bonchev–Trinajstić information content (AvgIpc) is 2.81. The van der Waals surface area contributed by atoms with Crippen LogP contribution in [0.5, 0.6) is 0 Å². The van der Waals surface area contributed by atoms with Crippen LogP contribution in [0.2, 0.25) is 0 Å². The van der Waals surface area contributed by atoms with Crippen LogP contribution in [0.3, 0.4) is 0 Å². The molecular weight excluding hydrogens is 220 g/mol. The van der Waals surface area contributed by atoms with Gasteiger partial charge in [0.15, 0.2) is 0 Å². The molecule has 1 saturated heterocycles. The molecule has 1 atom stereocenters. The van der Waals surface area contributed by atoms with Gasteiger partial charge in [-0.3, -0.25) is 0 Å². The third kappa shape index (κ3) is 4.08. The summed E-state index contributed by atoms with van der Waals surface area (Å²) in [6.07, 6.45) is 1.79. The minimum atomic E-state index is -2.20. The van der Waals surface area contributed by atoms with Gasteiger partial charge in [0.25, 0.3) is 0 Å². The second-order valence-corrected chi connectivity index (χ2v) is 4.74. The highest BCUT2D eigenvalue weighted by molar-refractivity contribution is 5.23. The van der Waals surface area contributed by atoms with Crippen molar-refractivity contribution < 1.29 is 8.78 Å². The summed E-state index contributed by atoms with van der Waals surface area (Å²) >= 11 is 0. The van der Waals surface area contributed by atoms with E-state index in [1.54, 1.807) is 0 Å². The van der Waals surface area contributed by atoms with E-state index in [0.717, 1.165) is 18.5 Å². The molecule has 0 aromatic heterocycles. The Morgan fingerprint density at radius 2 is 1.88 bits per heavy atom. The van der Waals surface area contributed by atoms with Gasteiger partial charge in [-0.2, -0.15) is 0 Å². The van der Waals surface area contributed by atoms with Gasteiger partial charge in [-0.05, 0) is 43.4 Å². The van der Waals surface area contributed by atoms with Gasteiger partial charge in [0, 0.05) is 12.5 Å². The monoisotopic (exact) mass is 239 g/mol. The summed E-state index contributed by atoms with van der Waals surface area (Å²) in [7, 11) is 0. The first kappa shape index (κ1) is 12.5. The number of rotatable bonds is 5. The van der Waals surface area contributed by atoms with E-state index >= 15 is 0 Å². The first-order chi connectivity index (χ1) is 8.24. The standard InChI is InChI=1S/C14H19F2N/c15-14(16)8-7-11-3-5-12(6-4-11)10-13-2-1-9-17-13/h3-6,13-14,17H,1-2,7-10H2. The smallest absolute Gasteiger partial charge is 0.239 e. The zero-order chi connectivity index (χ0) is 12.1. The van der Waals surface area contributed by atoms with Crippen molar-refractivity contribution in [2.45, 2.75) is 44.6 Å². The summed E-state index contributed by atoms with van der Waals surface area (Å²) in [6.45, 7) is 1.12. The molecule has 1 aliphatic heterocycles. The fraction of sp³-hybridized carbons (Fsp3) is 0.571. The number of nitrogens with one attached hydrogen (secondary N) is 1. The zero-order valence-corrected chi connectivity index (χ0v) is 9.96. The van der Waals surface area contributed by atoms with Gasteiger partial charge >= 0.3 is 0 Å². The molecule has 0 spiro atoms. The predicted octanol–water partition coefficient (Wildman–Crippen LogP) is 3.18. The van der Waals surface area contributed by atoms with Crippen LogP contribution in [0.1, 0.15) is 30.4 Å². The zero-order valence-electron chi connectivity index (χ0n) is 9.96. The Labute approximate surface area is 101 Å². The van der Waals surface area contributed by atoms with Crippen LogP contribution in [0.15, 0.2) is 24.3 Å². The SMILES string of the molecule is FC(F)CCc1ccc(CC2CCCN2)cc1. The van der Waals surface area contributed by atoms with Crippen molar-refractivity contribution in [2.75, 3.05) is 6.54 Å². The van der Waals surface area contributed by atoms with E-state index < -0.39 is 6.43 Å². The molecule has 94 valence electrons. The summed E-state index contributed by atoms with van der Waals surface area (Å²) in [5.74, 6) is 0. The number of halogens is 2. The van der Waals surface area contributed by atoms with Gasteiger partial charge in [0.05, 0.1) is 0 Å². The molecule has 0 bridgehead atoms. The Balaban J connectivity index is 1.84. The van der Waals surface area contributed by atoms with Crippen LogP contribution in [0, 0.1) is 0 Å². The van der Waals surface area contributed by atoms with E-state index in [-0.39, 0.29) is 6.42 Å². The molecule has 0 aliphatic carbocycles. The summed E-state index contributed by atoms with van der Waals surface area (Å²) < 4.78 is 24.1. The van der Waals surface area contributed by atoms with Crippen molar-refractivity contribution in [3.63, 3.8) is 0 Å². The van der Waals surface area contributed by atoms with Crippen molar-refractivity contribution in [1.29, 1.82) is 0 Å². The largest absolute Gasteiger partial charge is 0.314 e. The van der Waals surface area contributed by atoms with Crippen molar-refractivity contribution in [3.8, 4) is 0 Å². The highest BCUT2D eigenvalue weighted by Gasteiger charge is 2.14. The minimum absolute atomic E-state index is 0.0382. The first-order valence-corrected chi connectivity index (χ1v) is 6.33. The Morgan fingerprint density at radius 3 is 2.47 bits per heavy atom. The molecule has 1 heterocycles. The highest BCUT2D eigenvalue weighted by Crippen LogP contribution is 2.14. The van der Waals surface area contributed by atoms with Crippen LogP contribution >= 0.6 is 0 Å². The Morgan fingerprint density at radius 1 is 1.18 bits per heavy atom. The maximum atomic E-state index is 12.1. The maximum absolute atomic E-state index is 12.1. The normalized spacial score (nSPS) is 20.1. The number of benzene rings is 1. The fourth-order valence-corrected chi connectivity index (χ4v) is 2.33. The lowest BCUT2D eigenvalue weighted by atomic mass is 10.0. The third-order valence-electron chi connectivity index (χ3n) is 3.32. The quantitative estimate of drug-likeness (QED) is 0.832. The lowest BCUT2D eigenvalue weighted by Gasteiger charge is -2.10. The molecule has 1 aliphatic rings. The number of hydrogen-bond acceptors (Lipinski definition) is 1. The minimum Gasteiger partial charge on any atom is -0.314 e. The molecule has 17 heavy (non-hydrogen) atoms. The maximum Gasteiger partial charge on any atom is 0.239 e. The molecule has 1 fully saturated rings. The van der Waals surface area contributed by atoms with Crippen LogP contribution < -0.4 is 5.32 Å². The fourth-order valence-electron chi connectivity index (χ4n) is 2.33. The molecule has 1 nitrogen and oxygen atoms in total. The summed E-state index contributed by atoms with van der Waals surface area (Å²) in [4.78, 5) is 0. The molecule has 0 saturated carbocycles. The molecule has 1 aromatic rings. The van der Waals surface area contributed by atoms with Crippen molar-refractivity contribution in [2.24, 2.45) is 0 Å². The average molecular weight is 239 g/mol. The number of aryl methyl sites for hydroxylation is 1. The van der Waals surface area contributed by atoms with Crippen LogP contribution in [-0.4, -0.2) is 19.0 Å². The molecular formula is C14H19F2N. The van der Waals surface area contributed by atoms with Gasteiger partial charge in [-0.1, -0.05) is 24.3 Å². The van der Waals surface area contributed by atoms with Crippen molar-refractivity contribution in [3.05, 3.63) is 35.4 Å². The van der Waals surface area contributed by atoms with Gasteiger partial charge in [-0.25, -0.2) is 8.78 Å². The molecule has 0 amide bonds. The van der Waals surface area contributed by atoms with E-state index in [2.05, 4.69) is 17.4 Å². The predicted molar refractivity (Wildman–Crippen MR) is 65.5 cm³/mol. The van der Waals surface area contributed by atoms with Gasteiger partial charge in [0.1, 0.15) is 0 Å². The Kier molecular flexibility index (Phi) is 4.49. The van der Waals surface area contributed by atoms with Crippen LogP contribution in [0.25, 0.3) is 0 Å². The third-order valence-corrected chi connectivity index (χ3v) is 3.32. The molecule has 2 rings (SSSR count). The highest BCUT2D eigenvalue weighted by atomic mass is 19.3.